The van der Waals surface area contributed by atoms with Crippen LogP contribution < -0.4 is 0 Å². The highest BCUT2D eigenvalue weighted by Crippen LogP contribution is 2.21. The molecule has 0 saturated carbocycles. The molecule has 0 radical (unpaired) electrons. The van der Waals surface area contributed by atoms with Crippen LogP contribution in [0.3, 0.4) is 0 Å². The van der Waals surface area contributed by atoms with E-state index in [1.807, 2.05) is 19.3 Å². The monoisotopic (exact) mass is 287 g/mol. The Kier molecular flexibility index (Phi) is 2.23. The molecule has 0 unspecified atom stereocenters. The summed E-state index contributed by atoms with van der Waals surface area (Å²) in [6.07, 6.45) is 4.73. The molecule has 2 aromatic rings. The smallest absolute Gasteiger partial charge is 0.115 e. The molecular formula is C9H10IN3. The number of imidazole rings is 1. The maximum atomic E-state index is 4.41. The van der Waals surface area contributed by atoms with Gasteiger partial charge in [-0.2, -0.15) is 0 Å². The fraction of sp³-hybridized carbons (Fsp3) is 0.333. The number of hydrogen-bond donors (Lipinski definition) is 0. The highest BCUT2D eigenvalue weighted by atomic mass is 127. The van der Waals surface area contributed by atoms with E-state index < -0.39 is 0 Å². The zero-order valence-corrected chi connectivity index (χ0v) is 9.74. The summed E-state index contributed by atoms with van der Waals surface area (Å²) in [5.74, 6) is 1.03. The summed E-state index contributed by atoms with van der Waals surface area (Å²) >= 11 is 2.27. The van der Waals surface area contributed by atoms with Crippen LogP contribution in [0.1, 0.15) is 18.3 Å². The van der Waals surface area contributed by atoms with Gasteiger partial charge in [-0.1, -0.05) is 6.92 Å². The minimum atomic E-state index is 0.992. The number of fused-ring (bicyclic) bond motifs is 1. The van der Waals surface area contributed by atoms with Gasteiger partial charge in [0.15, 0.2) is 0 Å². The van der Waals surface area contributed by atoms with Crippen molar-refractivity contribution >= 4 is 33.9 Å². The van der Waals surface area contributed by atoms with Crippen LogP contribution in [-0.4, -0.2) is 12.7 Å². The molecule has 0 bridgehead atoms. The van der Waals surface area contributed by atoms with Crippen molar-refractivity contribution < 1.29 is 0 Å². The molecule has 3 nitrogen and oxygen atoms in total. The molecule has 0 spiro atoms. The fourth-order valence-electron chi connectivity index (χ4n) is 1.43. The molecule has 0 aromatic carbocycles. The molecule has 0 aliphatic carbocycles. The van der Waals surface area contributed by atoms with Gasteiger partial charge in [0.05, 0.1) is 34.6 Å². The molecule has 68 valence electrons. The van der Waals surface area contributed by atoms with Crippen molar-refractivity contribution in [3.8, 4) is 0 Å². The minimum Gasteiger partial charge on any atom is -0.268 e. The van der Waals surface area contributed by atoms with Crippen LogP contribution in [0.5, 0.6) is 0 Å². The molecule has 2 heterocycles. The van der Waals surface area contributed by atoms with Crippen LogP contribution >= 0.6 is 22.9 Å². The first-order chi connectivity index (χ1) is 6.24. The summed E-state index contributed by atoms with van der Waals surface area (Å²) < 4.78 is 2.09. The lowest BCUT2D eigenvalue weighted by molar-refractivity contribution is 1.11. The largest absolute Gasteiger partial charge is 0.268 e. The zero-order valence-electron chi connectivity index (χ0n) is 7.58. The Hall–Kier alpha value is -0.650. The predicted octanol–water partition coefficient (Wildman–Crippen LogP) is 2.50. The van der Waals surface area contributed by atoms with Gasteiger partial charge >= 0.3 is 0 Å². The Bertz CT molecular complexity index is 447. The summed E-state index contributed by atoms with van der Waals surface area (Å²) in [7, 11) is 0. The van der Waals surface area contributed by atoms with Crippen LogP contribution in [0.15, 0.2) is 12.4 Å². The van der Waals surface area contributed by atoms with Crippen LogP contribution in [0.4, 0.5) is 0 Å². The van der Waals surface area contributed by atoms with Gasteiger partial charge in [-0.05, 0) is 18.9 Å². The van der Waals surface area contributed by atoms with Gasteiger partial charge in [0, 0.05) is 6.20 Å². The number of nitrogens with zero attached hydrogens (tertiary/aromatic N) is 3. The molecule has 0 fully saturated rings. The number of aryl methyl sites for hydroxylation is 2. The quantitative estimate of drug-likeness (QED) is 0.754. The summed E-state index contributed by atoms with van der Waals surface area (Å²) in [6.45, 7) is 4.14. The standard InChI is InChI=1S/C9H10IN3/c1-3-7-4-11-5-8-9(7)13(10)6(2)12-8/h4-5H,3H2,1-2H3. The highest BCUT2D eigenvalue weighted by Gasteiger charge is 2.08. The van der Waals surface area contributed by atoms with E-state index in [9.17, 15) is 0 Å². The van der Waals surface area contributed by atoms with Crippen molar-refractivity contribution in [1.29, 1.82) is 0 Å². The van der Waals surface area contributed by atoms with Crippen LogP contribution in [0.25, 0.3) is 11.0 Å². The van der Waals surface area contributed by atoms with Crippen molar-refractivity contribution in [2.75, 3.05) is 0 Å². The minimum absolute atomic E-state index is 0.992. The molecule has 0 aliphatic heterocycles. The molecule has 2 rings (SSSR count). The number of halogens is 1. The lowest BCUT2D eigenvalue weighted by Crippen LogP contribution is -1.88. The highest BCUT2D eigenvalue weighted by molar-refractivity contribution is 14.1. The zero-order chi connectivity index (χ0) is 9.42. The Balaban J connectivity index is 2.87. The molecule has 0 saturated heterocycles. The van der Waals surface area contributed by atoms with Crippen molar-refractivity contribution in [3.63, 3.8) is 0 Å². The maximum Gasteiger partial charge on any atom is 0.115 e. The molecular weight excluding hydrogens is 277 g/mol. The molecule has 0 amide bonds. The molecule has 0 aliphatic rings. The second-order valence-corrected chi connectivity index (χ2v) is 3.92. The summed E-state index contributed by atoms with van der Waals surface area (Å²) in [6, 6.07) is 0. The predicted molar refractivity (Wildman–Crippen MR) is 61.1 cm³/mol. The van der Waals surface area contributed by atoms with Gasteiger partial charge in [-0.25, -0.2) is 4.98 Å². The SMILES string of the molecule is CCc1cncc2nc(C)n(I)c12. The van der Waals surface area contributed by atoms with Crippen LogP contribution in [0.2, 0.25) is 0 Å². The normalized spacial score (nSPS) is 11.0. The summed E-state index contributed by atoms with van der Waals surface area (Å²) in [4.78, 5) is 8.57. The van der Waals surface area contributed by atoms with Crippen LogP contribution in [-0.2, 0) is 6.42 Å². The Morgan fingerprint density at radius 1 is 1.46 bits per heavy atom. The van der Waals surface area contributed by atoms with Crippen molar-refractivity contribution in [2.45, 2.75) is 20.3 Å². The molecule has 0 N–H and O–H groups in total. The second-order valence-electron chi connectivity index (χ2n) is 2.96. The van der Waals surface area contributed by atoms with E-state index in [0.29, 0.717) is 0 Å². The third-order valence-electron chi connectivity index (χ3n) is 2.12. The molecule has 4 heteroatoms. The first-order valence-electron chi connectivity index (χ1n) is 4.22. The van der Waals surface area contributed by atoms with Gasteiger partial charge < -0.3 is 0 Å². The lowest BCUT2D eigenvalue weighted by atomic mass is 10.2. The van der Waals surface area contributed by atoms with Crippen LogP contribution in [0, 0.1) is 6.92 Å². The Morgan fingerprint density at radius 2 is 2.23 bits per heavy atom. The number of rotatable bonds is 1. The van der Waals surface area contributed by atoms with E-state index >= 15 is 0 Å². The summed E-state index contributed by atoms with van der Waals surface area (Å²) in [5.41, 5.74) is 3.45. The third-order valence-corrected chi connectivity index (χ3v) is 3.30. The van der Waals surface area contributed by atoms with Crippen molar-refractivity contribution in [2.24, 2.45) is 0 Å². The van der Waals surface area contributed by atoms with E-state index in [1.54, 1.807) is 0 Å². The van der Waals surface area contributed by atoms with Gasteiger partial charge in [-0.15, -0.1) is 0 Å². The first kappa shape index (κ1) is 8.93. The van der Waals surface area contributed by atoms with Crippen molar-refractivity contribution in [3.05, 3.63) is 23.8 Å². The average Bonchev–Trinajstić information content (AvgIpc) is 2.43. The van der Waals surface area contributed by atoms with E-state index in [1.165, 1.54) is 11.1 Å². The number of hydrogen-bond acceptors (Lipinski definition) is 2. The van der Waals surface area contributed by atoms with Crippen molar-refractivity contribution in [1.82, 2.24) is 12.7 Å². The van der Waals surface area contributed by atoms with E-state index in [2.05, 4.69) is 42.5 Å². The van der Waals surface area contributed by atoms with Gasteiger partial charge in [0.2, 0.25) is 0 Å². The Morgan fingerprint density at radius 3 is 2.92 bits per heavy atom. The topological polar surface area (TPSA) is 30.7 Å². The van der Waals surface area contributed by atoms with Gasteiger partial charge in [0.1, 0.15) is 11.3 Å². The summed E-state index contributed by atoms with van der Waals surface area (Å²) in [5, 5.41) is 0. The Labute approximate surface area is 90.7 Å². The number of pyridine rings is 1. The van der Waals surface area contributed by atoms with Gasteiger partial charge in [-0.3, -0.25) is 7.76 Å². The van der Waals surface area contributed by atoms with Gasteiger partial charge in [0.25, 0.3) is 0 Å². The van der Waals surface area contributed by atoms with E-state index in [-0.39, 0.29) is 0 Å². The fourth-order valence-corrected chi connectivity index (χ4v) is 2.10. The lowest BCUT2D eigenvalue weighted by Gasteiger charge is -1.99. The molecule has 0 atom stereocenters. The average molecular weight is 287 g/mol. The molecule has 13 heavy (non-hydrogen) atoms. The molecule has 2 aromatic heterocycles. The van der Waals surface area contributed by atoms with E-state index in [4.69, 9.17) is 0 Å². The first-order valence-corrected chi connectivity index (χ1v) is 5.18. The maximum absolute atomic E-state index is 4.41. The van der Waals surface area contributed by atoms with E-state index in [0.717, 1.165) is 17.8 Å². The number of aromatic nitrogens is 3. The second kappa shape index (κ2) is 3.25. The third kappa shape index (κ3) is 1.33.